The van der Waals surface area contributed by atoms with Crippen LogP contribution in [0.4, 0.5) is 20.4 Å². The molecule has 1 aliphatic rings. The van der Waals surface area contributed by atoms with Gasteiger partial charge in [-0.2, -0.15) is 0 Å². The maximum absolute atomic E-state index is 12.9. The summed E-state index contributed by atoms with van der Waals surface area (Å²) in [4.78, 5) is 8.56. The van der Waals surface area contributed by atoms with Crippen LogP contribution in [0.3, 0.4) is 0 Å². The highest BCUT2D eigenvalue weighted by Gasteiger charge is 2.32. The van der Waals surface area contributed by atoms with Crippen molar-refractivity contribution >= 4 is 11.6 Å². The van der Waals surface area contributed by atoms with Gasteiger partial charge >= 0.3 is 0 Å². The molecular weight excluding hydrogens is 394 g/mol. The predicted octanol–water partition coefficient (Wildman–Crippen LogP) is 3.17. The number of rotatable bonds is 5. The summed E-state index contributed by atoms with van der Waals surface area (Å²) in [5, 5.41) is 31.4. The van der Waals surface area contributed by atoms with Crippen molar-refractivity contribution in [2.45, 2.75) is 50.9 Å². The van der Waals surface area contributed by atoms with Crippen molar-refractivity contribution < 1.29 is 19.0 Å². The molecule has 3 aromatic heterocycles. The minimum atomic E-state index is -2.58. The molecule has 3 atom stereocenters. The molecule has 1 fully saturated rings. The fraction of sp³-hybridized carbons (Fsp3) is 0.400. The van der Waals surface area contributed by atoms with Gasteiger partial charge in [-0.1, -0.05) is 5.21 Å². The number of aromatic nitrogens is 5. The molecule has 30 heavy (non-hydrogen) atoms. The predicted molar refractivity (Wildman–Crippen MR) is 105 cm³/mol. The first-order valence-electron chi connectivity index (χ1n) is 9.69. The van der Waals surface area contributed by atoms with Crippen molar-refractivity contribution in [2.75, 3.05) is 5.32 Å². The number of aliphatic hydroxyl groups is 2. The molecule has 0 aliphatic heterocycles. The van der Waals surface area contributed by atoms with Gasteiger partial charge in [-0.3, -0.25) is 0 Å². The number of aryl methyl sites for hydroxylation is 1. The lowest BCUT2D eigenvalue weighted by molar-refractivity contribution is -0.0429. The van der Waals surface area contributed by atoms with E-state index in [0.29, 0.717) is 30.0 Å². The molecule has 0 radical (unpaired) electrons. The molecule has 1 aliphatic carbocycles. The first-order chi connectivity index (χ1) is 14.4. The second-order valence-electron chi connectivity index (χ2n) is 7.46. The molecule has 10 heteroatoms. The summed E-state index contributed by atoms with van der Waals surface area (Å²) >= 11 is 0. The van der Waals surface area contributed by atoms with Crippen LogP contribution >= 0.6 is 0 Å². The van der Waals surface area contributed by atoms with E-state index in [0.717, 1.165) is 12.0 Å². The highest BCUT2D eigenvalue weighted by atomic mass is 19.3. The molecule has 3 N–H and O–H groups in total. The van der Waals surface area contributed by atoms with E-state index in [9.17, 15) is 19.0 Å². The van der Waals surface area contributed by atoms with E-state index in [1.165, 1.54) is 18.3 Å². The topological polar surface area (TPSA) is 109 Å². The Bertz CT molecular complexity index is 1030. The standard InChI is InChI=1S/C20H22F2N6O2/c1-11-7-13(14-10-28(27-26-14)15-3-2-4-16(29)19(15)30)24-18(8-11)25-17-9-12(20(21)22)5-6-23-17/h5-10,15-16,19-20,29-30H,2-4H2,1H3,(H,23,24,25)/t15?,16-,19?/m0/s1. The van der Waals surface area contributed by atoms with E-state index in [4.69, 9.17) is 0 Å². The van der Waals surface area contributed by atoms with E-state index in [1.54, 1.807) is 16.9 Å². The lowest BCUT2D eigenvalue weighted by Crippen LogP contribution is -2.38. The third-order valence-corrected chi connectivity index (χ3v) is 5.16. The zero-order valence-electron chi connectivity index (χ0n) is 16.3. The number of anilines is 2. The fourth-order valence-electron chi connectivity index (χ4n) is 3.62. The lowest BCUT2D eigenvalue weighted by Gasteiger charge is -2.31. The van der Waals surface area contributed by atoms with Crippen molar-refractivity contribution in [1.29, 1.82) is 0 Å². The molecular formula is C20H22F2N6O2. The summed E-state index contributed by atoms with van der Waals surface area (Å²) in [7, 11) is 0. The first-order valence-corrected chi connectivity index (χ1v) is 9.69. The van der Waals surface area contributed by atoms with Gasteiger partial charge in [-0.05, 0) is 56.0 Å². The SMILES string of the molecule is Cc1cc(Nc2cc(C(F)F)ccn2)nc(-c2cn(C3CCC[C@H](O)C3O)nn2)c1. The van der Waals surface area contributed by atoms with Gasteiger partial charge < -0.3 is 15.5 Å². The molecule has 1 saturated carbocycles. The van der Waals surface area contributed by atoms with E-state index in [2.05, 4.69) is 25.6 Å². The van der Waals surface area contributed by atoms with E-state index in [-0.39, 0.29) is 17.4 Å². The largest absolute Gasteiger partial charge is 0.390 e. The zero-order chi connectivity index (χ0) is 21.3. The molecule has 0 spiro atoms. The third-order valence-electron chi connectivity index (χ3n) is 5.16. The summed E-state index contributed by atoms with van der Waals surface area (Å²) in [6.07, 6.45) is 0.793. The maximum atomic E-state index is 12.9. The third kappa shape index (κ3) is 4.29. The van der Waals surface area contributed by atoms with E-state index in [1.807, 2.05) is 13.0 Å². The van der Waals surface area contributed by atoms with Gasteiger partial charge in [0.25, 0.3) is 6.43 Å². The second-order valence-corrected chi connectivity index (χ2v) is 7.46. The number of hydrogen-bond acceptors (Lipinski definition) is 7. The van der Waals surface area contributed by atoms with Gasteiger partial charge in [0.05, 0.1) is 24.0 Å². The molecule has 158 valence electrons. The van der Waals surface area contributed by atoms with Gasteiger partial charge in [0.1, 0.15) is 23.4 Å². The van der Waals surface area contributed by atoms with Crippen molar-refractivity contribution in [1.82, 2.24) is 25.0 Å². The molecule has 0 aromatic carbocycles. The maximum Gasteiger partial charge on any atom is 0.264 e. The average Bonchev–Trinajstić information content (AvgIpc) is 3.20. The monoisotopic (exact) mass is 416 g/mol. The number of alkyl halides is 2. The Morgan fingerprint density at radius 1 is 1.13 bits per heavy atom. The Kier molecular flexibility index (Phi) is 5.69. The minimum absolute atomic E-state index is 0.128. The first kappa shape index (κ1) is 20.3. The van der Waals surface area contributed by atoms with Crippen LogP contribution in [0.5, 0.6) is 0 Å². The molecule has 3 aromatic rings. The van der Waals surface area contributed by atoms with Gasteiger partial charge in [0.2, 0.25) is 0 Å². The second kappa shape index (κ2) is 8.41. The van der Waals surface area contributed by atoms with Crippen molar-refractivity contribution in [3.63, 3.8) is 0 Å². The molecule has 3 heterocycles. The Balaban J connectivity index is 1.58. The van der Waals surface area contributed by atoms with Crippen LogP contribution in [0, 0.1) is 6.92 Å². The summed E-state index contributed by atoms with van der Waals surface area (Å²) in [5.74, 6) is 0.700. The van der Waals surface area contributed by atoms with Crippen LogP contribution in [0.2, 0.25) is 0 Å². The summed E-state index contributed by atoms with van der Waals surface area (Å²) < 4.78 is 27.4. The Hall–Kier alpha value is -2.98. The number of halogens is 2. The van der Waals surface area contributed by atoms with Gasteiger partial charge in [0.15, 0.2) is 0 Å². The molecule has 4 rings (SSSR count). The van der Waals surface area contributed by atoms with Crippen LogP contribution in [0.1, 0.15) is 42.9 Å². The Morgan fingerprint density at radius 2 is 1.97 bits per heavy atom. The van der Waals surface area contributed by atoms with Crippen LogP contribution < -0.4 is 5.32 Å². The van der Waals surface area contributed by atoms with Crippen molar-refractivity contribution in [3.8, 4) is 11.4 Å². The van der Waals surface area contributed by atoms with Crippen LogP contribution in [-0.2, 0) is 0 Å². The van der Waals surface area contributed by atoms with Crippen LogP contribution in [-0.4, -0.2) is 47.4 Å². The van der Waals surface area contributed by atoms with Gasteiger partial charge in [-0.25, -0.2) is 23.4 Å². The number of nitrogens with one attached hydrogen (secondary N) is 1. The molecule has 0 amide bonds. The molecule has 8 nitrogen and oxygen atoms in total. The highest BCUT2D eigenvalue weighted by Crippen LogP contribution is 2.30. The van der Waals surface area contributed by atoms with Gasteiger partial charge in [0, 0.05) is 11.8 Å². The van der Waals surface area contributed by atoms with Crippen LogP contribution in [0.25, 0.3) is 11.4 Å². The molecule has 2 unspecified atom stereocenters. The molecule has 0 bridgehead atoms. The normalized spacial score (nSPS) is 21.7. The average molecular weight is 416 g/mol. The van der Waals surface area contributed by atoms with E-state index < -0.39 is 18.6 Å². The minimum Gasteiger partial charge on any atom is -0.390 e. The molecule has 0 saturated heterocycles. The number of pyridine rings is 2. The highest BCUT2D eigenvalue weighted by molar-refractivity contribution is 5.61. The Labute approximate surface area is 171 Å². The number of hydrogen-bond donors (Lipinski definition) is 3. The smallest absolute Gasteiger partial charge is 0.264 e. The van der Waals surface area contributed by atoms with Crippen molar-refractivity contribution in [3.05, 3.63) is 47.8 Å². The lowest BCUT2D eigenvalue weighted by atomic mass is 9.90. The summed E-state index contributed by atoms with van der Waals surface area (Å²) in [6.45, 7) is 1.88. The number of aliphatic hydroxyl groups excluding tert-OH is 2. The van der Waals surface area contributed by atoms with Gasteiger partial charge in [-0.15, -0.1) is 5.10 Å². The van der Waals surface area contributed by atoms with Crippen molar-refractivity contribution in [2.24, 2.45) is 0 Å². The summed E-state index contributed by atoms with van der Waals surface area (Å²) in [6, 6.07) is 5.79. The van der Waals surface area contributed by atoms with E-state index >= 15 is 0 Å². The number of nitrogens with zero attached hydrogens (tertiary/aromatic N) is 5. The Morgan fingerprint density at radius 3 is 2.77 bits per heavy atom. The summed E-state index contributed by atoms with van der Waals surface area (Å²) in [5.41, 5.74) is 1.80. The van der Waals surface area contributed by atoms with Crippen LogP contribution in [0.15, 0.2) is 36.7 Å². The zero-order valence-corrected chi connectivity index (χ0v) is 16.3. The fourth-order valence-corrected chi connectivity index (χ4v) is 3.62. The quantitative estimate of drug-likeness (QED) is 0.586.